The predicted octanol–water partition coefficient (Wildman–Crippen LogP) is 4.73. The molecule has 0 saturated carbocycles. The molecular formula is C19H14Cl2N2O3. The van der Waals surface area contributed by atoms with Gasteiger partial charge in [0.2, 0.25) is 0 Å². The number of nitrogens with one attached hydrogen (secondary N) is 1. The van der Waals surface area contributed by atoms with E-state index >= 15 is 0 Å². The van der Waals surface area contributed by atoms with Gasteiger partial charge >= 0.3 is 5.97 Å². The molecular weight excluding hydrogens is 375 g/mol. The van der Waals surface area contributed by atoms with Gasteiger partial charge < -0.3 is 10.1 Å². The molecule has 5 nitrogen and oxygen atoms in total. The van der Waals surface area contributed by atoms with Gasteiger partial charge in [0, 0.05) is 10.4 Å². The van der Waals surface area contributed by atoms with E-state index in [9.17, 15) is 9.59 Å². The van der Waals surface area contributed by atoms with Crippen LogP contribution in [-0.4, -0.2) is 23.0 Å². The number of anilines is 1. The highest BCUT2D eigenvalue weighted by atomic mass is 35.5. The lowest BCUT2D eigenvalue weighted by atomic mass is 10.2. The summed E-state index contributed by atoms with van der Waals surface area (Å²) in [6.45, 7) is 1.47. The SMILES string of the molecule is C[C@H](OC(=O)c1ccc2ccccc2n1)C(=O)Nc1ccc(Cl)cc1Cl. The molecule has 0 spiro atoms. The van der Waals surface area contributed by atoms with Gasteiger partial charge in [-0.25, -0.2) is 9.78 Å². The largest absolute Gasteiger partial charge is 0.448 e. The van der Waals surface area contributed by atoms with Crippen LogP contribution in [0.5, 0.6) is 0 Å². The number of halogens is 2. The van der Waals surface area contributed by atoms with Gasteiger partial charge in [0.15, 0.2) is 6.10 Å². The van der Waals surface area contributed by atoms with E-state index < -0.39 is 18.0 Å². The van der Waals surface area contributed by atoms with Crippen molar-refractivity contribution in [1.82, 2.24) is 4.98 Å². The number of amides is 1. The summed E-state index contributed by atoms with van der Waals surface area (Å²) < 4.78 is 5.20. The number of hydrogen-bond acceptors (Lipinski definition) is 4. The van der Waals surface area contributed by atoms with Gasteiger partial charge in [-0.05, 0) is 37.3 Å². The molecule has 0 radical (unpaired) electrons. The van der Waals surface area contributed by atoms with Crippen LogP contribution in [0.15, 0.2) is 54.6 Å². The molecule has 1 N–H and O–H groups in total. The number of ether oxygens (including phenoxy) is 1. The number of fused-ring (bicyclic) bond motifs is 1. The third-order valence-corrected chi connectivity index (χ3v) is 4.20. The van der Waals surface area contributed by atoms with E-state index in [2.05, 4.69) is 10.3 Å². The molecule has 0 aliphatic carbocycles. The normalized spacial score (nSPS) is 11.8. The smallest absolute Gasteiger partial charge is 0.357 e. The second-order valence-corrected chi connectivity index (χ2v) is 6.39. The van der Waals surface area contributed by atoms with Crippen LogP contribution in [0.25, 0.3) is 10.9 Å². The molecule has 0 saturated heterocycles. The van der Waals surface area contributed by atoms with E-state index in [-0.39, 0.29) is 5.69 Å². The third-order valence-electron chi connectivity index (χ3n) is 3.65. The minimum atomic E-state index is -1.03. The maximum Gasteiger partial charge on any atom is 0.357 e. The van der Waals surface area contributed by atoms with Crippen LogP contribution in [0.4, 0.5) is 5.69 Å². The lowest BCUT2D eigenvalue weighted by Gasteiger charge is -2.14. The van der Waals surface area contributed by atoms with Crippen LogP contribution in [-0.2, 0) is 9.53 Å². The molecule has 1 aromatic heterocycles. The topological polar surface area (TPSA) is 68.3 Å². The van der Waals surface area contributed by atoms with Gasteiger partial charge in [-0.15, -0.1) is 0 Å². The number of rotatable bonds is 4. The Kier molecular flexibility index (Phi) is 5.40. The average Bonchev–Trinajstić information content (AvgIpc) is 2.63. The fraction of sp³-hybridized carbons (Fsp3) is 0.105. The molecule has 0 unspecified atom stereocenters. The van der Waals surface area contributed by atoms with Crippen LogP contribution in [0.2, 0.25) is 10.0 Å². The van der Waals surface area contributed by atoms with Gasteiger partial charge in [0.05, 0.1) is 16.2 Å². The number of para-hydroxylation sites is 1. The van der Waals surface area contributed by atoms with E-state index in [1.807, 2.05) is 18.2 Å². The molecule has 0 fully saturated rings. The molecule has 1 amide bonds. The molecule has 0 bridgehead atoms. The van der Waals surface area contributed by atoms with Crippen LogP contribution >= 0.6 is 23.2 Å². The first-order valence-corrected chi connectivity index (χ1v) is 8.52. The Morgan fingerprint density at radius 2 is 1.85 bits per heavy atom. The molecule has 1 atom stereocenters. The first-order chi connectivity index (χ1) is 12.4. The van der Waals surface area contributed by atoms with E-state index in [4.69, 9.17) is 27.9 Å². The van der Waals surface area contributed by atoms with Crippen molar-refractivity contribution >= 4 is 51.7 Å². The van der Waals surface area contributed by atoms with Crippen molar-refractivity contribution in [2.45, 2.75) is 13.0 Å². The molecule has 0 aliphatic heterocycles. The fourth-order valence-corrected chi connectivity index (χ4v) is 2.74. The van der Waals surface area contributed by atoms with Crippen LogP contribution in [0.3, 0.4) is 0 Å². The molecule has 3 aromatic rings. The third kappa shape index (κ3) is 4.12. The highest BCUT2D eigenvalue weighted by Crippen LogP contribution is 2.25. The Morgan fingerprint density at radius 1 is 1.08 bits per heavy atom. The lowest BCUT2D eigenvalue weighted by Crippen LogP contribution is -2.30. The van der Waals surface area contributed by atoms with Crippen molar-refractivity contribution in [3.8, 4) is 0 Å². The first kappa shape index (κ1) is 18.2. The number of pyridine rings is 1. The second-order valence-electron chi connectivity index (χ2n) is 5.55. The number of nitrogens with zero attached hydrogens (tertiary/aromatic N) is 1. The summed E-state index contributed by atoms with van der Waals surface area (Å²) in [7, 11) is 0. The van der Waals surface area contributed by atoms with Crippen molar-refractivity contribution in [1.29, 1.82) is 0 Å². The van der Waals surface area contributed by atoms with Gasteiger partial charge in [-0.3, -0.25) is 4.79 Å². The van der Waals surface area contributed by atoms with E-state index in [0.29, 0.717) is 21.2 Å². The Hall–Kier alpha value is -2.63. The summed E-state index contributed by atoms with van der Waals surface area (Å²) in [5.41, 5.74) is 1.19. The van der Waals surface area contributed by atoms with Crippen LogP contribution < -0.4 is 5.32 Å². The maximum atomic E-state index is 12.3. The minimum absolute atomic E-state index is 0.132. The van der Waals surface area contributed by atoms with Crippen molar-refractivity contribution in [2.75, 3.05) is 5.32 Å². The molecule has 132 valence electrons. The van der Waals surface area contributed by atoms with Crippen molar-refractivity contribution in [3.63, 3.8) is 0 Å². The highest BCUT2D eigenvalue weighted by Gasteiger charge is 2.20. The molecule has 7 heteroatoms. The monoisotopic (exact) mass is 388 g/mol. The van der Waals surface area contributed by atoms with Gasteiger partial charge in [0.1, 0.15) is 5.69 Å². The van der Waals surface area contributed by atoms with Gasteiger partial charge in [-0.2, -0.15) is 0 Å². The summed E-state index contributed by atoms with van der Waals surface area (Å²) in [6, 6.07) is 15.4. The zero-order chi connectivity index (χ0) is 18.7. The molecule has 2 aromatic carbocycles. The quantitative estimate of drug-likeness (QED) is 0.656. The highest BCUT2D eigenvalue weighted by molar-refractivity contribution is 6.36. The van der Waals surface area contributed by atoms with E-state index in [1.165, 1.54) is 13.0 Å². The number of hydrogen-bond donors (Lipinski definition) is 1. The number of carbonyl (C=O) groups is 2. The van der Waals surface area contributed by atoms with Crippen molar-refractivity contribution in [3.05, 3.63) is 70.3 Å². The van der Waals surface area contributed by atoms with Gasteiger partial charge in [0.25, 0.3) is 5.91 Å². The number of aromatic nitrogens is 1. The zero-order valence-electron chi connectivity index (χ0n) is 13.7. The summed E-state index contributed by atoms with van der Waals surface area (Å²) >= 11 is 11.8. The van der Waals surface area contributed by atoms with E-state index in [1.54, 1.807) is 30.3 Å². The summed E-state index contributed by atoms with van der Waals surface area (Å²) in [5.74, 6) is -1.19. The summed E-state index contributed by atoms with van der Waals surface area (Å²) in [4.78, 5) is 28.7. The molecule has 3 rings (SSSR count). The second kappa shape index (κ2) is 7.72. The van der Waals surface area contributed by atoms with Crippen molar-refractivity contribution < 1.29 is 14.3 Å². The van der Waals surface area contributed by atoms with Crippen LogP contribution in [0, 0.1) is 0 Å². The zero-order valence-corrected chi connectivity index (χ0v) is 15.2. The first-order valence-electron chi connectivity index (χ1n) is 7.77. The number of esters is 1. The molecule has 26 heavy (non-hydrogen) atoms. The minimum Gasteiger partial charge on any atom is -0.448 e. The van der Waals surface area contributed by atoms with Gasteiger partial charge in [-0.1, -0.05) is 47.5 Å². The molecule has 0 aliphatic rings. The fourth-order valence-electron chi connectivity index (χ4n) is 2.28. The maximum absolute atomic E-state index is 12.3. The lowest BCUT2D eigenvalue weighted by molar-refractivity contribution is -0.123. The Labute approximate surface area is 159 Å². The Morgan fingerprint density at radius 3 is 2.62 bits per heavy atom. The summed E-state index contributed by atoms with van der Waals surface area (Å²) in [6.07, 6.45) is -1.03. The number of benzene rings is 2. The van der Waals surface area contributed by atoms with Crippen LogP contribution in [0.1, 0.15) is 17.4 Å². The average molecular weight is 389 g/mol. The summed E-state index contributed by atoms with van der Waals surface area (Å²) in [5, 5.41) is 4.25. The van der Waals surface area contributed by atoms with Crippen molar-refractivity contribution in [2.24, 2.45) is 0 Å². The Bertz CT molecular complexity index is 991. The standard InChI is InChI=1S/C19H14Cl2N2O3/c1-11(18(24)23-16-9-7-13(20)10-14(16)21)26-19(25)17-8-6-12-4-2-3-5-15(12)22-17/h2-11H,1H3,(H,23,24)/t11-/m0/s1. The number of carbonyl (C=O) groups excluding carboxylic acids is 2. The predicted molar refractivity (Wildman–Crippen MR) is 102 cm³/mol. The van der Waals surface area contributed by atoms with E-state index in [0.717, 1.165) is 5.39 Å². The Balaban J connectivity index is 1.68. The molecule has 1 heterocycles.